The number of carbonyl (C=O) groups excluding carboxylic acids is 1. The molecule has 0 saturated carbocycles. The quantitative estimate of drug-likeness (QED) is 0.860. The van der Waals surface area contributed by atoms with E-state index in [0.717, 1.165) is 0 Å². The van der Waals surface area contributed by atoms with E-state index in [-0.39, 0.29) is 17.9 Å². The van der Waals surface area contributed by atoms with E-state index in [9.17, 15) is 9.18 Å². The molecule has 102 valence electrons. The fourth-order valence-corrected chi connectivity index (χ4v) is 2.85. The van der Waals surface area contributed by atoms with Crippen molar-refractivity contribution in [1.82, 2.24) is 10.2 Å². The number of amidine groups is 1. The Morgan fingerprint density at radius 2 is 2.11 bits per heavy atom. The van der Waals surface area contributed by atoms with E-state index in [1.807, 2.05) is 13.8 Å². The van der Waals surface area contributed by atoms with Crippen LogP contribution in [0.25, 0.3) is 0 Å². The van der Waals surface area contributed by atoms with Gasteiger partial charge in [0.2, 0.25) is 0 Å². The lowest BCUT2D eigenvalue weighted by atomic mass is 9.89. The summed E-state index contributed by atoms with van der Waals surface area (Å²) in [4.78, 5) is 13.4. The van der Waals surface area contributed by atoms with E-state index in [4.69, 9.17) is 5.41 Å². The second-order valence-corrected chi connectivity index (χ2v) is 5.88. The van der Waals surface area contributed by atoms with Crippen molar-refractivity contribution in [2.45, 2.75) is 32.4 Å². The van der Waals surface area contributed by atoms with Crippen LogP contribution in [-0.4, -0.2) is 22.8 Å². The number of nitrogens with one attached hydrogen (secondary N) is 2. The van der Waals surface area contributed by atoms with Crippen molar-refractivity contribution < 1.29 is 9.18 Å². The number of urea groups is 1. The van der Waals surface area contributed by atoms with Crippen LogP contribution in [0.5, 0.6) is 0 Å². The fourth-order valence-electron chi connectivity index (χ4n) is 2.51. The van der Waals surface area contributed by atoms with Gasteiger partial charge in [0, 0.05) is 16.1 Å². The van der Waals surface area contributed by atoms with Crippen LogP contribution in [0.15, 0.2) is 22.7 Å². The van der Waals surface area contributed by atoms with Gasteiger partial charge < -0.3 is 4.90 Å². The number of hydrogen-bond donors (Lipinski definition) is 2. The third kappa shape index (κ3) is 2.04. The van der Waals surface area contributed by atoms with Gasteiger partial charge in [-0.05, 0) is 32.9 Å². The average Bonchev–Trinajstić information content (AvgIpc) is 2.49. The van der Waals surface area contributed by atoms with Crippen molar-refractivity contribution in [3.05, 3.63) is 34.1 Å². The number of benzene rings is 1. The molecule has 1 aromatic carbocycles. The van der Waals surface area contributed by atoms with Crippen LogP contribution >= 0.6 is 15.9 Å². The standard InChI is InChI=1S/C13H15BrFN3O/c1-7(2)18-12(19)17-11(16)13(18,3)9-5-4-8(14)6-10(9)15/h4-7H,1-3H3,(H2,16,17,19). The van der Waals surface area contributed by atoms with Crippen LogP contribution in [0, 0.1) is 11.2 Å². The molecule has 2 amide bonds. The van der Waals surface area contributed by atoms with Gasteiger partial charge in [-0.25, -0.2) is 9.18 Å². The van der Waals surface area contributed by atoms with Crippen molar-refractivity contribution in [3.63, 3.8) is 0 Å². The third-order valence-electron chi connectivity index (χ3n) is 3.39. The molecule has 4 nitrogen and oxygen atoms in total. The van der Waals surface area contributed by atoms with Gasteiger partial charge >= 0.3 is 6.03 Å². The highest BCUT2D eigenvalue weighted by atomic mass is 79.9. The normalized spacial score (nSPS) is 23.2. The lowest BCUT2D eigenvalue weighted by Gasteiger charge is -2.36. The number of nitrogens with zero attached hydrogens (tertiary/aromatic N) is 1. The molecule has 1 aliphatic rings. The van der Waals surface area contributed by atoms with Crippen molar-refractivity contribution in [1.29, 1.82) is 5.41 Å². The number of rotatable bonds is 2. The van der Waals surface area contributed by atoms with Crippen LogP contribution < -0.4 is 5.32 Å². The molecule has 19 heavy (non-hydrogen) atoms. The molecule has 0 aromatic heterocycles. The van der Waals surface area contributed by atoms with Crippen LogP contribution in [0.2, 0.25) is 0 Å². The van der Waals surface area contributed by atoms with E-state index >= 15 is 0 Å². The Labute approximate surface area is 119 Å². The van der Waals surface area contributed by atoms with Crippen LogP contribution in [0.4, 0.5) is 9.18 Å². The first-order valence-corrected chi connectivity index (χ1v) is 6.72. The molecule has 0 aliphatic carbocycles. The Hall–Kier alpha value is -1.43. The smallest absolute Gasteiger partial charge is 0.305 e. The molecule has 0 bridgehead atoms. The molecule has 1 fully saturated rings. The Morgan fingerprint density at radius 3 is 2.63 bits per heavy atom. The summed E-state index contributed by atoms with van der Waals surface area (Å²) in [6, 6.07) is 4.14. The number of carbonyl (C=O) groups is 1. The van der Waals surface area contributed by atoms with Gasteiger partial charge in [-0.3, -0.25) is 10.7 Å². The molecule has 1 aliphatic heterocycles. The predicted octanol–water partition coefficient (Wildman–Crippen LogP) is 3.21. The molecule has 1 heterocycles. The first-order chi connectivity index (χ1) is 8.78. The number of halogens is 2. The minimum atomic E-state index is -1.10. The molecule has 0 spiro atoms. The van der Waals surface area contributed by atoms with E-state index in [2.05, 4.69) is 21.2 Å². The molecule has 1 unspecified atom stereocenters. The largest absolute Gasteiger partial charge is 0.324 e. The first-order valence-electron chi connectivity index (χ1n) is 5.93. The topological polar surface area (TPSA) is 56.2 Å². The molecule has 1 atom stereocenters. The van der Waals surface area contributed by atoms with Crippen molar-refractivity contribution in [3.8, 4) is 0 Å². The highest BCUT2D eigenvalue weighted by Gasteiger charge is 2.50. The minimum Gasteiger partial charge on any atom is -0.305 e. The lowest BCUT2D eigenvalue weighted by Crippen LogP contribution is -2.48. The second kappa shape index (κ2) is 4.59. The van der Waals surface area contributed by atoms with Crippen LogP contribution in [0.3, 0.4) is 0 Å². The van der Waals surface area contributed by atoms with E-state index in [1.54, 1.807) is 19.1 Å². The fraction of sp³-hybridized carbons (Fsp3) is 0.385. The summed E-state index contributed by atoms with van der Waals surface area (Å²) in [7, 11) is 0. The summed E-state index contributed by atoms with van der Waals surface area (Å²) in [5.74, 6) is -0.448. The maximum absolute atomic E-state index is 14.2. The van der Waals surface area contributed by atoms with E-state index in [1.165, 1.54) is 11.0 Å². The minimum absolute atomic E-state index is 0.00702. The van der Waals surface area contributed by atoms with Gasteiger partial charge in [-0.2, -0.15) is 0 Å². The lowest BCUT2D eigenvalue weighted by molar-refractivity contribution is 0.155. The molecule has 0 radical (unpaired) electrons. The Bertz CT molecular complexity index is 561. The highest BCUT2D eigenvalue weighted by molar-refractivity contribution is 9.10. The summed E-state index contributed by atoms with van der Waals surface area (Å²) in [5, 5.41) is 10.5. The van der Waals surface area contributed by atoms with Crippen LogP contribution in [-0.2, 0) is 5.54 Å². The summed E-state index contributed by atoms with van der Waals surface area (Å²) >= 11 is 3.20. The number of hydrogen-bond acceptors (Lipinski definition) is 2. The highest BCUT2D eigenvalue weighted by Crippen LogP contribution is 2.36. The average molecular weight is 328 g/mol. The molecule has 1 saturated heterocycles. The Kier molecular flexibility index (Phi) is 3.38. The van der Waals surface area contributed by atoms with Crippen molar-refractivity contribution in [2.24, 2.45) is 0 Å². The van der Waals surface area contributed by atoms with Gasteiger partial charge in [-0.1, -0.05) is 22.0 Å². The maximum atomic E-state index is 14.2. The molecule has 2 rings (SSSR count). The molecule has 6 heteroatoms. The molecular weight excluding hydrogens is 313 g/mol. The third-order valence-corrected chi connectivity index (χ3v) is 3.88. The summed E-state index contributed by atoms with van der Waals surface area (Å²) in [6.07, 6.45) is 0. The van der Waals surface area contributed by atoms with Gasteiger partial charge in [0.05, 0.1) is 0 Å². The van der Waals surface area contributed by atoms with E-state index < -0.39 is 11.4 Å². The Balaban J connectivity index is 2.61. The predicted molar refractivity (Wildman–Crippen MR) is 74.7 cm³/mol. The zero-order valence-electron chi connectivity index (χ0n) is 10.9. The van der Waals surface area contributed by atoms with Gasteiger partial charge in [0.25, 0.3) is 0 Å². The zero-order chi connectivity index (χ0) is 14.4. The van der Waals surface area contributed by atoms with Gasteiger partial charge in [-0.15, -0.1) is 0 Å². The first kappa shape index (κ1) is 14.0. The van der Waals surface area contributed by atoms with Crippen molar-refractivity contribution >= 4 is 27.8 Å². The second-order valence-electron chi connectivity index (χ2n) is 4.97. The summed E-state index contributed by atoms with van der Waals surface area (Å²) in [6.45, 7) is 5.36. The monoisotopic (exact) mass is 327 g/mol. The summed E-state index contributed by atoms with van der Waals surface area (Å²) in [5.41, 5.74) is -0.788. The summed E-state index contributed by atoms with van der Waals surface area (Å²) < 4.78 is 14.8. The van der Waals surface area contributed by atoms with Gasteiger partial charge in [0.1, 0.15) is 17.2 Å². The molecule has 1 aromatic rings. The van der Waals surface area contributed by atoms with Crippen molar-refractivity contribution in [2.75, 3.05) is 0 Å². The van der Waals surface area contributed by atoms with E-state index in [0.29, 0.717) is 10.0 Å². The maximum Gasteiger partial charge on any atom is 0.324 e. The Morgan fingerprint density at radius 1 is 1.47 bits per heavy atom. The SMILES string of the molecule is CC(C)N1C(=O)NC(=N)C1(C)c1ccc(Br)cc1F. The van der Waals surface area contributed by atoms with Crippen LogP contribution in [0.1, 0.15) is 26.3 Å². The molecule has 2 N–H and O–H groups in total. The zero-order valence-corrected chi connectivity index (χ0v) is 12.5. The van der Waals surface area contributed by atoms with Gasteiger partial charge in [0.15, 0.2) is 0 Å². The molecular formula is C13H15BrFN3O. The number of amides is 2.